The van der Waals surface area contributed by atoms with Crippen LogP contribution in [0.15, 0.2) is 16.7 Å². The lowest BCUT2D eigenvalue weighted by molar-refractivity contribution is -0.386. The Morgan fingerprint density at radius 3 is 3.00 bits per heavy atom. The first-order valence-corrected chi connectivity index (χ1v) is 4.71. The van der Waals surface area contributed by atoms with E-state index in [1.807, 2.05) is 0 Å². The lowest BCUT2D eigenvalue weighted by atomic mass is 10.4. The lowest BCUT2D eigenvalue weighted by Gasteiger charge is -2.01. The molecule has 1 heterocycles. The molecule has 0 amide bonds. The van der Waals surface area contributed by atoms with Gasteiger partial charge < -0.3 is 4.74 Å². The summed E-state index contributed by atoms with van der Waals surface area (Å²) in [5.74, 6) is -1.31. The van der Waals surface area contributed by atoms with Crippen LogP contribution < -0.4 is 4.74 Å². The maximum atomic E-state index is 11.0. The van der Waals surface area contributed by atoms with Gasteiger partial charge in [-0.25, -0.2) is 4.98 Å². The van der Waals surface area contributed by atoms with Gasteiger partial charge >= 0.3 is 17.5 Å². The minimum atomic E-state index is -0.888. The fourth-order valence-corrected chi connectivity index (χ4v) is 1.15. The number of nitro groups is 1. The summed E-state index contributed by atoms with van der Waals surface area (Å²) in [6.07, 6.45) is 0.761. The van der Waals surface area contributed by atoms with Crippen molar-refractivity contribution in [3.05, 3.63) is 26.9 Å². The fourth-order valence-electron chi connectivity index (χ4n) is 0.834. The van der Waals surface area contributed by atoms with Crippen molar-refractivity contribution in [2.75, 3.05) is 0 Å². The van der Waals surface area contributed by atoms with Gasteiger partial charge in [-0.2, -0.15) is 5.26 Å². The number of hydrogen-bond acceptors (Lipinski definition) is 6. The van der Waals surface area contributed by atoms with Crippen LogP contribution in [0.1, 0.15) is 6.42 Å². The molecular weight excluding hydrogens is 282 g/mol. The van der Waals surface area contributed by atoms with E-state index in [1.165, 1.54) is 6.20 Å². The van der Waals surface area contributed by atoms with Crippen LogP contribution in [0, 0.1) is 21.4 Å². The maximum absolute atomic E-state index is 11.0. The smallest absolute Gasteiger partial charge is 0.332 e. The van der Waals surface area contributed by atoms with Crippen LogP contribution in [0.25, 0.3) is 0 Å². The molecule has 0 bridgehead atoms. The molecule has 0 aliphatic rings. The van der Waals surface area contributed by atoms with E-state index in [0.29, 0.717) is 4.47 Å². The van der Waals surface area contributed by atoms with Gasteiger partial charge in [-0.05, 0) is 15.9 Å². The molecule has 0 fully saturated rings. The fraction of sp³-hybridized carbons (Fsp3) is 0.125. The topological polar surface area (TPSA) is 106 Å². The Hall–Kier alpha value is -2.01. The largest absolute Gasteiger partial charge is 0.400 e. The summed E-state index contributed by atoms with van der Waals surface area (Å²) in [4.78, 5) is 24.4. The van der Waals surface area contributed by atoms with Crippen LogP contribution in [0.4, 0.5) is 5.69 Å². The molecule has 0 aliphatic heterocycles. The Morgan fingerprint density at radius 2 is 2.44 bits per heavy atom. The van der Waals surface area contributed by atoms with E-state index in [4.69, 9.17) is 5.26 Å². The summed E-state index contributed by atoms with van der Waals surface area (Å²) in [6, 6.07) is 2.72. The Kier molecular flexibility index (Phi) is 3.90. The standard InChI is InChI=1S/C8H4BrN3O4/c9-5-3-6(12(14)15)8(11-4-5)16-7(13)1-2-10/h3-4H,1H2. The first kappa shape index (κ1) is 12.1. The molecule has 0 radical (unpaired) electrons. The highest BCUT2D eigenvalue weighted by molar-refractivity contribution is 9.10. The van der Waals surface area contributed by atoms with E-state index in [1.54, 1.807) is 6.07 Å². The minimum Gasteiger partial charge on any atom is -0.400 e. The van der Waals surface area contributed by atoms with Crippen LogP contribution in [0.2, 0.25) is 0 Å². The average Bonchev–Trinajstić information content (AvgIpc) is 2.20. The van der Waals surface area contributed by atoms with Gasteiger partial charge in [0.1, 0.15) is 6.42 Å². The third kappa shape index (κ3) is 2.99. The zero-order valence-corrected chi connectivity index (χ0v) is 9.30. The summed E-state index contributed by atoms with van der Waals surface area (Å²) in [7, 11) is 0. The summed E-state index contributed by atoms with van der Waals surface area (Å²) in [6.45, 7) is 0. The molecule has 82 valence electrons. The number of nitriles is 1. The van der Waals surface area contributed by atoms with Gasteiger partial charge in [0, 0.05) is 16.7 Å². The number of carbonyl (C=O) groups excluding carboxylic acids is 1. The lowest BCUT2D eigenvalue weighted by Crippen LogP contribution is -2.09. The average molecular weight is 286 g/mol. The van der Waals surface area contributed by atoms with E-state index >= 15 is 0 Å². The number of aromatic nitrogens is 1. The van der Waals surface area contributed by atoms with Crippen LogP contribution in [0.5, 0.6) is 5.88 Å². The molecule has 1 aromatic heterocycles. The van der Waals surface area contributed by atoms with Gasteiger partial charge in [0.25, 0.3) is 0 Å². The molecule has 1 rings (SSSR count). The zero-order valence-electron chi connectivity index (χ0n) is 7.71. The van der Waals surface area contributed by atoms with Gasteiger partial charge in [0.2, 0.25) is 0 Å². The second-order valence-electron chi connectivity index (χ2n) is 2.54. The minimum absolute atomic E-state index is 0.388. The number of ether oxygens (including phenoxy) is 1. The summed E-state index contributed by atoms with van der Waals surface area (Å²) < 4.78 is 4.96. The molecule has 8 heteroatoms. The maximum Gasteiger partial charge on any atom is 0.332 e. The van der Waals surface area contributed by atoms with E-state index < -0.39 is 28.9 Å². The third-order valence-electron chi connectivity index (χ3n) is 1.43. The first-order valence-electron chi connectivity index (χ1n) is 3.92. The van der Waals surface area contributed by atoms with Gasteiger partial charge in [-0.1, -0.05) is 0 Å². The predicted octanol–water partition coefficient (Wildman–Crippen LogP) is 1.57. The summed E-state index contributed by atoms with van der Waals surface area (Å²) in [5, 5.41) is 18.8. The highest BCUT2D eigenvalue weighted by Gasteiger charge is 2.20. The van der Waals surface area contributed by atoms with Crippen molar-refractivity contribution >= 4 is 27.6 Å². The Labute approximate surface area is 97.9 Å². The number of nitrogens with zero attached hydrogens (tertiary/aromatic N) is 3. The Morgan fingerprint density at radius 1 is 1.75 bits per heavy atom. The molecule has 0 N–H and O–H groups in total. The third-order valence-corrected chi connectivity index (χ3v) is 1.86. The van der Waals surface area contributed by atoms with Crippen molar-refractivity contribution in [3.63, 3.8) is 0 Å². The number of rotatable bonds is 3. The normalized spacial score (nSPS) is 9.25. The molecule has 0 saturated carbocycles. The number of hydrogen-bond donors (Lipinski definition) is 0. The van der Waals surface area contributed by atoms with Gasteiger partial charge in [-0.3, -0.25) is 14.9 Å². The van der Waals surface area contributed by atoms with Crippen molar-refractivity contribution in [1.82, 2.24) is 4.98 Å². The van der Waals surface area contributed by atoms with Crippen LogP contribution >= 0.6 is 15.9 Å². The summed E-state index contributed by atoms with van der Waals surface area (Å²) >= 11 is 3.00. The van der Waals surface area contributed by atoms with E-state index in [-0.39, 0.29) is 0 Å². The highest BCUT2D eigenvalue weighted by Crippen LogP contribution is 2.27. The van der Waals surface area contributed by atoms with Crippen LogP contribution in [-0.2, 0) is 4.79 Å². The van der Waals surface area contributed by atoms with Crippen molar-refractivity contribution in [3.8, 4) is 11.9 Å². The Bertz CT molecular complexity index is 483. The van der Waals surface area contributed by atoms with Crippen molar-refractivity contribution in [2.45, 2.75) is 6.42 Å². The number of esters is 1. The number of halogens is 1. The molecule has 0 aromatic carbocycles. The van der Waals surface area contributed by atoms with Crippen molar-refractivity contribution in [2.24, 2.45) is 0 Å². The molecule has 0 spiro atoms. The van der Waals surface area contributed by atoms with Crippen LogP contribution in [0.3, 0.4) is 0 Å². The van der Waals surface area contributed by atoms with Gasteiger partial charge in [0.15, 0.2) is 0 Å². The number of carbonyl (C=O) groups is 1. The van der Waals surface area contributed by atoms with Gasteiger partial charge in [0.05, 0.1) is 11.0 Å². The zero-order chi connectivity index (χ0) is 12.1. The molecule has 0 atom stereocenters. The Balaban J connectivity index is 3.00. The van der Waals surface area contributed by atoms with Crippen molar-refractivity contribution < 1.29 is 14.5 Å². The first-order chi connectivity index (χ1) is 7.54. The molecule has 0 unspecified atom stereocenters. The van der Waals surface area contributed by atoms with Gasteiger partial charge in [-0.15, -0.1) is 0 Å². The second-order valence-corrected chi connectivity index (χ2v) is 3.46. The molecule has 16 heavy (non-hydrogen) atoms. The molecule has 1 aromatic rings. The van der Waals surface area contributed by atoms with E-state index in [9.17, 15) is 14.9 Å². The monoisotopic (exact) mass is 285 g/mol. The highest BCUT2D eigenvalue weighted by atomic mass is 79.9. The molecule has 0 saturated heterocycles. The predicted molar refractivity (Wildman–Crippen MR) is 54.5 cm³/mol. The second kappa shape index (κ2) is 5.18. The summed E-state index contributed by atoms with van der Waals surface area (Å²) in [5.41, 5.74) is -0.444. The molecule has 7 nitrogen and oxygen atoms in total. The van der Waals surface area contributed by atoms with Crippen LogP contribution in [-0.4, -0.2) is 15.9 Å². The molecular formula is C8H4BrN3O4. The van der Waals surface area contributed by atoms with Crippen molar-refractivity contribution in [1.29, 1.82) is 5.26 Å². The molecule has 0 aliphatic carbocycles. The quantitative estimate of drug-likeness (QED) is 0.474. The SMILES string of the molecule is N#CCC(=O)Oc1ncc(Br)cc1[N+](=O)[O-]. The number of pyridine rings is 1. The van der Waals surface area contributed by atoms with E-state index in [0.717, 1.165) is 6.07 Å². The van der Waals surface area contributed by atoms with E-state index in [2.05, 4.69) is 25.7 Å².